The number of amides is 2. The van der Waals surface area contributed by atoms with Crippen LogP contribution in [-0.2, 0) is 22.6 Å². The van der Waals surface area contributed by atoms with Crippen LogP contribution in [0.5, 0.6) is 0 Å². The molecule has 0 aliphatic rings. The van der Waals surface area contributed by atoms with Crippen LogP contribution in [0.3, 0.4) is 0 Å². The second-order valence-electron chi connectivity index (χ2n) is 7.05. The highest BCUT2D eigenvalue weighted by molar-refractivity contribution is 6.35. The molecule has 0 unspecified atom stereocenters. The summed E-state index contributed by atoms with van der Waals surface area (Å²) in [5.41, 5.74) is 1.35. The topological polar surface area (TPSA) is 49.4 Å². The van der Waals surface area contributed by atoms with Gasteiger partial charge in [0.05, 0.1) is 6.42 Å². The molecule has 156 valence electrons. The molecule has 4 nitrogen and oxygen atoms in total. The Kier molecular flexibility index (Phi) is 8.47. The van der Waals surface area contributed by atoms with E-state index in [0.717, 1.165) is 12.0 Å². The number of hydrogen-bond donors (Lipinski definition) is 1. The van der Waals surface area contributed by atoms with Gasteiger partial charge < -0.3 is 10.2 Å². The summed E-state index contributed by atoms with van der Waals surface area (Å²) in [6.07, 6.45) is 0.808. The van der Waals surface area contributed by atoms with Crippen LogP contribution in [0.4, 0.5) is 4.39 Å². The molecule has 7 heteroatoms. The smallest absolute Gasteiger partial charge is 0.242 e. The van der Waals surface area contributed by atoms with Crippen molar-refractivity contribution in [2.24, 2.45) is 0 Å². The lowest BCUT2D eigenvalue weighted by Crippen LogP contribution is -2.49. The first-order chi connectivity index (χ1) is 13.7. The lowest BCUT2D eigenvalue weighted by atomic mass is 10.1. The Hall–Kier alpha value is -2.11. The molecule has 0 saturated heterocycles. The zero-order valence-electron chi connectivity index (χ0n) is 16.7. The second kappa shape index (κ2) is 10.6. The van der Waals surface area contributed by atoms with E-state index < -0.39 is 6.04 Å². The average molecular weight is 439 g/mol. The van der Waals surface area contributed by atoms with E-state index in [1.807, 2.05) is 13.8 Å². The molecular formula is C22H25Cl2FN2O2. The number of hydrogen-bond acceptors (Lipinski definition) is 2. The van der Waals surface area contributed by atoms with E-state index in [1.165, 1.54) is 17.0 Å². The average Bonchev–Trinajstić information content (AvgIpc) is 2.68. The maximum Gasteiger partial charge on any atom is 0.242 e. The number of rotatable bonds is 8. The van der Waals surface area contributed by atoms with Gasteiger partial charge in [0.1, 0.15) is 11.9 Å². The van der Waals surface area contributed by atoms with Crippen molar-refractivity contribution in [2.45, 2.75) is 52.2 Å². The Morgan fingerprint density at radius 2 is 1.76 bits per heavy atom. The summed E-state index contributed by atoms with van der Waals surface area (Å²) in [4.78, 5) is 27.2. The second-order valence-corrected chi connectivity index (χ2v) is 7.90. The summed E-state index contributed by atoms with van der Waals surface area (Å²) in [6.45, 7) is 5.74. The molecule has 0 aromatic heterocycles. The van der Waals surface area contributed by atoms with E-state index in [2.05, 4.69) is 5.32 Å². The molecular weight excluding hydrogens is 414 g/mol. The summed E-state index contributed by atoms with van der Waals surface area (Å²) in [6, 6.07) is 10.1. The van der Waals surface area contributed by atoms with Gasteiger partial charge in [-0.25, -0.2) is 4.39 Å². The predicted octanol–water partition coefficient (Wildman–Crippen LogP) is 5.01. The number of halogens is 3. The molecule has 0 heterocycles. The molecule has 2 atom stereocenters. The monoisotopic (exact) mass is 438 g/mol. The number of nitrogens with zero attached hydrogens (tertiary/aromatic N) is 1. The zero-order chi connectivity index (χ0) is 21.6. The van der Waals surface area contributed by atoms with Crippen molar-refractivity contribution in [3.05, 3.63) is 69.5 Å². The van der Waals surface area contributed by atoms with E-state index >= 15 is 0 Å². The van der Waals surface area contributed by atoms with Crippen molar-refractivity contribution in [3.8, 4) is 0 Å². The summed E-state index contributed by atoms with van der Waals surface area (Å²) >= 11 is 12.1. The highest BCUT2D eigenvalue weighted by atomic mass is 35.5. The van der Waals surface area contributed by atoms with Crippen molar-refractivity contribution in [3.63, 3.8) is 0 Å². The molecule has 2 amide bonds. The first-order valence-electron chi connectivity index (χ1n) is 9.49. The van der Waals surface area contributed by atoms with Gasteiger partial charge >= 0.3 is 0 Å². The fourth-order valence-corrected chi connectivity index (χ4v) is 3.24. The van der Waals surface area contributed by atoms with Crippen LogP contribution in [-0.4, -0.2) is 28.8 Å². The van der Waals surface area contributed by atoms with Crippen molar-refractivity contribution in [1.29, 1.82) is 0 Å². The molecule has 1 N–H and O–H groups in total. The highest BCUT2D eigenvalue weighted by Crippen LogP contribution is 2.22. The van der Waals surface area contributed by atoms with Crippen molar-refractivity contribution >= 4 is 35.0 Å². The third kappa shape index (κ3) is 6.72. The van der Waals surface area contributed by atoms with E-state index in [9.17, 15) is 14.0 Å². The van der Waals surface area contributed by atoms with Gasteiger partial charge in [0.25, 0.3) is 0 Å². The molecule has 0 spiro atoms. The fraction of sp³-hybridized carbons (Fsp3) is 0.364. The van der Waals surface area contributed by atoms with Crippen LogP contribution in [0.25, 0.3) is 0 Å². The van der Waals surface area contributed by atoms with Gasteiger partial charge in [-0.1, -0.05) is 48.3 Å². The lowest BCUT2D eigenvalue weighted by Gasteiger charge is -2.30. The molecule has 2 aromatic carbocycles. The third-order valence-corrected chi connectivity index (χ3v) is 5.38. The van der Waals surface area contributed by atoms with Crippen LogP contribution in [0.1, 0.15) is 38.3 Å². The van der Waals surface area contributed by atoms with Crippen LogP contribution >= 0.6 is 23.2 Å². The number of carbonyl (C=O) groups is 2. The van der Waals surface area contributed by atoms with Gasteiger partial charge in [-0.3, -0.25) is 9.59 Å². The summed E-state index contributed by atoms with van der Waals surface area (Å²) < 4.78 is 13.2. The van der Waals surface area contributed by atoms with E-state index in [1.54, 1.807) is 37.3 Å². The largest absolute Gasteiger partial charge is 0.352 e. The highest BCUT2D eigenvalue weighted by Gasteiger charge is 2.27. The molecule has 0 fully saturated rings. The Labute approximate surface area is 181 Å². The molecule has 0 aliphatic carbocycles. The molecule has 0 radical (unpaired) electrons. The summed E-state index contributed by atoms with van der Waals surface area (Å²) in [7, 11) is 0. The van der Waals surface area contributed by atoms with Gasteiger partial charge in [0.2, 0.25) is 11.8 Å². The molecule has 29 heavy (non-hydrogen) atoms. The summed E-state index contributed by atoms with van der Waals surface area (Å²) in [5.74, 6) is -0.857. The maximum absolute atomic E-state index is 13.2. The van der Waals surface area contributed by atoms with Crippen molar-refractivity contribution < 1.29 is 14.0 Å². The number of benzene rings is 2. The van der Waals surface area contributed by atoms with E-state index in [0.29, 0.717) is 15.6 Å². The number of nitrogens with one attached hydrogen (secondary N) is 1. The Balaban J connectivity index is 2.25. The van der Waals surface area contributed by atoms with E-state index in [4.69, 9.17) is 23.2 Å². The molecule has 2 rings (SSSR count). The first kappa shape index (κ1) is 23.2. The van der Waals surface area contributed by atoms with Crippen LogP contribution in [0.15, 0.2) is 42.5 Å². The van der Waals surface area contributed by atoms with Crippen molar-refractivity contribution in [2.75, 3.05) is 0 Å². The lowest BCUT2D eigenvalue weighted by molar-refractivity contribution is -0.140. The summed E-state index contributed by atoms with van der Waals surface area (Å²) in [5, 5.41) is 3.78. The SMILES string of the molecule is CC[C@H](C)NC(=O)[C@H](C)N(Cc1ccc(F)cc1)C(=O)Cc1ccc(Cl)cc1Cl. The van der Waals surface area contributed by atoms with E-state index in [-0.39, 0.29) is 36.6 Å². The zero-order valence-corrected chi connectivity index (χ0v) is 18.2. The molecule has 0 bridgehead atoms. The van der Waals surface area contributed by atoms with Crippen LogP contribution in [0, 0.1) is 5.82 Å². The Morgan fingerprint density at radius 1 is 1.10 bits per heavy atom. The van der Waals surface area contributed by atoms with Crippen molar-refractivity contribution in [1.82, 2.24) is 10.2 Å². The predicted molar refractivity (Wildman–Crippen MR) is 114 cm³/mol. The Bertz CT molecular complexity index is 858. The van der Waals surface area contributed by atoms with Gasteiger partial charge in [-0.2, -0.15) is 0 Å². The minimum atomic E-state index is -0.701. The van der Waals surface area contributed by atoms with Gasteiger partial charge in [-0.15, -0.1) is 0 Å². The minimum Gasteiger partial charge on any atom is -0.352 e. The standard InChI is InChI=1S/C22H25Cl2FN2O2/c1-4-14(2)26-22(29)15(3)27(13-16-5-9-19(25)10-6-16)21(28)11-17-7-8-18(23)12-20(17)24/h5-10,12,14-15H,4,11,13H2,1-3H3,(H,26,29)/t14-,15-/m0/s1. The first-order valence-corrected chi connectivity index (χ1v) is 10.2. The molecule has 0 saturated carbocycles. The normalized spacial score (nSPS) is 12.9. The minimum absolute atomic E-state index is 0.00145. The Morgan fingerprint density at radius 3 is 2.34 bits per heavy atom. The van der Waals surface area contributed by atoms with Gasteiger partial charge in [0.15, 0.2) is 0 Å². The van der Waals surface area contributed by atoms with Crippen LogP contribution in [0.2, 0.25) is 10.0 Å². The van der Waals surface area contributed by atoms with Crippen LogP contribution < -0.4 is 5.32 Å². The quantitative estimate of drug-likeness (QED) is 0.629. The van der Waals surface area contributed by atoms with Gasteiger partial charge in [-0.05, 0) is 55.7 Å². The fourth-order valence-electron chi connectivity index (χ4n) is 2.76. The number of carbonyl (C=O) groups excluding carboxylic acids is 2. The van der Waals surface area contributed by atoms with Gasteiger partial charge in [0, 0.05) is 22.6 Å². The molecule has 0 aliphatic heterocycles. The molecule has 2 aromatic rings. The third-order valence-electron chi connectivity index (χ3n) is 4.79. The maximum atomic E-state index is 13.2.